The molecule has 1 aromatic rings. The maximum atomic E-state index is 11.5. The van der Waals surface area contributed by atoms with Gasteiger partial charge in [0.15, 0.2) is 0 Å². The fraction of sp³-hybridized carbons (Fsp3) is 0.600. The molecule has 1 heterocycles. The summed E-state index contributed by atoms with van der Waals surface area (Å²) in [6, 6.07) is 1.60. The molecule has 0 aromatic carbocycles. The van der Waals surface area contributed by atoms with Gasteiger partial charge < -0.3 is 0 Å². The molecule has 0 radical (unpaired) electrons. The summed E-state index contributed by atoms with van der Waals surface area (Å²) in [5, 5.41) is 4.58. The van der Waals surface area contributed by atoms with Crippen LogP contribution >= 0.6 is 11.5 Å². The maximum Gasteiger partial charge on any atom is 0.346 e. The Morgan fingerprint density at radius 3 is 3.00 bits per heavy atom. The molecule has 0 aliphatic rings. The molecule has 0 aliphatic carbocycles. The average Bonchev–Trinajstić information content (AvgIpc) is 2.75. The molecule has 1 aromatic heterocycles. The van der Waals surface area contributed by atoms with Gasteiger partial charge in [0.25, 0.3) is 0 Å². The SMILES string of the molecule is CCC(C)c1cc(NC(=O)N(C)OC)sn1. The monoisotopic (exact) mass is 243 g/mol. The molecular weight excluding hydrogens is 226 g/mol. The molecule has 90 valence electrons. The second kappa shape index (κ2) is 5.81. The minimum absolute atomic E-state index is 0.304. The fourth-order valence-corrected chi connectivity index (χ4v) is 1.80. The van der Waals surface area contributed by atoms with Crippen LogP contribution < -0.4 is 5.32 Å². The minimum atomic E-state index is -0.304. The van der Waals surface area contributed by atoms with Gasteiger partial charge in [-0.3, -0.25) is 10.2 Å². The maximum absolute atomic E-state index is 11.5. The van der Waals surface area contributed by atoms with Crippen molar-refractivity contribution in [2.75, 3.05) is 19.5 Å². The number of anilines is 1. The first-order valence-corrected chi connectivity index (χ1v) is 5.91. The molecule has 1 atom stereocenters. The van der Waals surface area contributed by atoms with E-state index in [4.69, 9.17) is 4.84 Å². The Kier molecular flexibility index (Phi) is 4.70. The van der Waals surface area contributed by atoms with E-state index in [2.05, 4.69) is 23.5 Å². The smallest absolute Gasteiger partial charge is 0.296 e. The number of urea groups is 1. The Morgan fingerprint density at radius 1 is 1.75 bits per heavy atom. The molecule has 0 saturated heterocycles. The van der Waals surface area contributed by atoms with E-state index in [0.29, 0.717) is 5.92 Å². The predicted molar refractivity (Wildman–Crippen MR) is 64.6 cm³/mol. The number of nitrogens with one attached hydrogen (secondary N) is 1. The van der Waals surface area contributed by atoms with Crippen molar-refractivity contribution >= 4 is 22.6 Å². The van der Waals surface area contributed by atoms with Crippen LogP contribution in [0.5, 0.6) is 0 Å². The summed E-state index contributed by atoms with van der Waals surface area (Å²) in [7, 11) is 2.99. The lowest BCUT2D eigenvalue weighted by molar-refractivity contribution is -0.0597. The van der Waals surface area contributed by atoms with Crippen LogP contribution in [0.2, 0.25) is 0 Å². The van der Waals surface area contributed by atoms with Crippen LogP contribution in [0.4, 0.5) is 9.80 Å². The molecule has 1 rings (SSSR count). The van der Waals surface area contributed by atoms with Gasteiger partial charge in [-0.15, -0.1) is 0 Å². The summed E-state index contributed by atoms with van der Waals surface area (Å²) < 4.78 is 4.29. The molecular formula is C10H17N3O2S. The third kappa shape index (κ3) is 3.18. The van der Waals surface area contributed by atoms with E-state index in [1.54, 1.807) is 7.05 Å². The number of amides is 2. The van der Waals surface area contributed by atoms with E-state index in [1.807, 2.05) is 6.07 Å². The third-order valence-electron chi connectivity index (χ3n) is 2.44. The normalized spacial score (nSPS) is 12.2. The van der Waals surface area contributed by atoms with Crippen LogP contribution in [-0.4, -0.2) is 29.6 Å². The second-order valence-electron chi connectivity index (χ2n) is 3.54. The molecule has 6 heteroatoms. The van der Waals surface area contributed by atoms with Crippen LogP contribution in [-0.2, 0) is 4.84 Å². The van der Waals surface area contributed by atoms with Gasteiger partial charge in [-0.1, -0.05) is 13.8 Å². The summed E-state index contributed by atoms with van der Waals surface area (Å²) >= 11 is 1.29. The first-order valence-electron chi connectivity index (χ1n) is 5.13. The van der Waals surface area contributed by atoms with Crippen molar-refractivity contribution in [3.05, 3.63) is 11.8 Å². The quantitative estimate of drug-likeness (QED) is 0.827. The van der Waals surface area contributed by atoms with Gasteiger partial charge in [0.05, 0.1) is 12.8 Å². The average molecular weight is 243 g/mol. The predicted octanol–water partition coefficient (Wildman–Crippen LogP) is 2.68. The molecule has 0 fully saturated rings. The van der Waals surface area contributed by atoms with E-state index >= 15 is 0 Å². The Balaban J connectivity index is 2.62. The van der Waals surface area contributed by atoms with Crippen molar-refractivity contribution in [2.45, 2.75) is 26.2 Å². The molecule has 0 saturated carbocycles. The highest BCUT2D eigenvalue weighted by atomic mass is 32.1. The molecule has 0 aliphatic heterocycles. The highest BCUT2D eigenvalue weighted by molar-refractivity contribution is 7.10. The van der Waals surface area contributed by atoms with Gasteiger partial charge in [-0.25, -0.2) is 9.86 Å². The van der Waals surface area contributed by atoms with Crippen molar-refractivity contribution in [3.8, 4) is 0 Å². The number of hydroxylamine groups is 2. The van der Waals surface area contributed by atoms with Crippen LogP contribution in [0.3, 0.4) is 0 Å². The molecule has 16 heavy (non-hydrogen) atoms. The summed E-state index contributed by atoms with van der Waals surface area (Å²) in [6.07, 6.45) is 1.04. The number of nitrogens with zero attached hydrogens (tertiary/aromatic N) is 2. The van der Waals surface area contributed by atoms with E-state index in [9.17, 15) is 4.79 Å². The lowest BCUT2D eigenvalue weighted by Crippen LogP contribution is -2.29. The zero-order valence-corrected chi connectivity index (χ0v) is 10.8. The Labute approximate surface area is 99.5 Å². The van der Waals surface area contributed by atoms with Crippen molar-refractivity contribution < 1.29 is 9.63 Å². The molecule has 1 unspecified atom stereocenters. The van der Waals surface area contributed by atoms with Crippen molar-refractivity contribution in [3.63, 3.8) is 0 Å². The molecule has 1 N–H and O–H groups in total. The first kappa shape index (κ1) is 12.9. The molecule has 2 amide bonds. The molecule has 0 spiro atoms. The van der Waals surface area contributed by atoms with Crippen LogP contribution in [0.15, 0.2) is 6.07 Å². The van der Waals surface area contributed by atoms with Gasteiger partial charge in [0.1, 0.15) is 5.00 Å². The van der Waals surface area contributed by atoms with Crippen molar-refractivity contribution in [1.82, 2.24) is 9.44 Å². The standard InChI is InChI=1S/C10H17N3O2S/c1-5-7(2)8-6-9(16-12-8)11-10(14)13(3)15-4/h6-7H,5H2,1-4H3,(H,11,14). The largest absolute Gasteiger partial charge is 0.346 e. The fourth-order valence-electron chi connectivity index (χ4n) is 1.06. The number of aromatic nitrogens is 1. The van der Waals surface area contributed by atoms with Gasteiger partial charge in [-0.2, -0.15) is 4.37 Å². The number of rotatable bonds is 4. The third-order valence-corrected chi connectivity index (χ3v) is 3.15. The number of hydrogen-bond donors (Lipinski definition) is 1. The van der Waals surface area contributed by atoms with Gasteiger partial charge in [-0.05, 0) is 29.9 Å². The molecule has 5 nitrogen and oxygen atoms in total. The highest BCUT2D eigenvalue weighted by Crippen LogP contribution is 2.24. The van der Waals surface area contributed by atoms with Crippen molar-refractivity contribution in [1.29, 1.82) is 0 Å². The second-order valence-corrected chi connectivity index (χ2v) is 4.34. The van der Waals surface area contributed by atoms with Gasteiger partial charge in [0.2, 0.25) is 0 Å². The topological polar surface area (TPSA) is 54.5 Å². The number of hydrogen-bond acceptors (Lipinski definition) is 4. The minimum Gasteiger partial charge on any atom is -0.296 e. The Hall–Kier alpha value is -1.14. The van der Waals surface area contributed by atoms with Crippen LogP contribution in [0.25, 0.3) is 0 Å². The van der Waals surface area contributed by atoms with E-state index in [0.717, 1.165) is 22.2 Å². The van der Waals surface area contributed by atoms with Gasteiger partial charge in [0, 0.05) is 7.05 Å². The summed E-state index contributed by atoms with van der Waals surface area (Å²) in [5.74, 6) is 0.419. The Bertz CT molecular complexity index is 354. The number of carbonyl (C=O) groups is 1. The van der Waals surface area contributed by atoms with E-state index in [-0.39, 0.29) is 6.03 Å². The lowest BCUT2D eigenvalue weighted by atomic mass is 10.1. The first-order chi connectivity index (χ1) is 7.58. The zero-order chi connectivity index (χ0) is 12.1. The summed E-state index contributed by atoms with van der Waals surface area (Å²) in [6.45, 7) is 4.23. The van der Waals surface area contributed by atoms with E-state index < -0.39 is 0 Å². The summed E-state index contributed by atoms with van der Waals surface area (Å²) in [4.78, 5) is 16.2. The highest BCUT2D eigenvalue weighted by Gasteiger charge is 2.12. The number of carbonyl (C=O) groups excluding carboxylic acids is 1. The van der Waals surface area contributed by atoms with E-state index in [1.165, 1.54) is 18.6 Å². The summed E-state index contributed by atoms with van der Waals surface area (Å²) in [5.41, 5.74) is 1.02. The zero-order valence-electron chi connectivity index (χ0n) is 9.98. The lowest BCUT2D eigenvalue weighted by Gasteiger charge is -2.13. The Morgan fingerprint density at radius 2 is 2.44 bits per heavy atom. The van der Waals surface area contributed by atoms with Gasteiger partial charge >= 0.3 is 6.03 Å². The van der Waals surface area contributed by atoms with Crippen LogP contribution in [0.1, 0.15) is 31.9 Å². The van der Waals surface area contributed by atoms with Crippen LogP contribution in [0, 0.1) is 0 Å². The molecule has 0 bridgehead atoms. The van der Waals surface area contributed by atoms with Crippen molar-refractivity contribution in [2.24, 2.45) is 0 Å².